The Bertz CT molecular complexity index is 515. The summed E-state index contributed by atoms with van der Waals surface area (Å²) < 4.78 is 15.8. The Balaban J connectivity index is 2.36. The third kappa shape index (κ3) is 3.06. The van der Waals surface area contributed by atoms with Crippen LogP contribution in [0.15, 0.2) is 12.1 Å². The van der Waals surface area contributed by atoms with Gasteiger partial charge in [-0.2, -0.15) is 0 Å². The van der Waals surface area contributed by atoms with Crippen LogP contribution >= 0.6 is 0 Å². The van der Waals surface area contributed by atoms with Crippen molar-refractivity contribution in [3.63, 3.8) is 0 Å². The summed E-state index contributed by atoms with van der Waals surface area (Å²) in [6.45, 7) is 2.38. The van der Waals surface area contributed by atoms with Crippen molar-refractivity contribution >= 4 is 12.0 Å². The maximum Gasteiger partial charge on any atom is 0.409 e. The van der Waals surface area contributed by atoms with Crippen LogP contribution in [-0.4, -0.2) is 25.2 Å². The van der Waals surface area contributed by atoms with Crippen molar-refractivity contribution in [2.45, 2.75) is 13.5 Å². The van der Waals surface area contributed by atoms with E-state index in [1.165, 1.54) is 6.92 Å². The Kier molecular flexibility index (Phi) is 3.74. The summed E-state index contributed by atoms with van der Waals surface area (Å²) in [5, 5.41) is 2.62. The average molecular weight is 266 g/mol. The standard InChI is InChI=1S/C12H14N2O5/c1-7(15)14-6-8-9(19-12(13)16)2-3-10-11(8)18-5-4-17-10/h2-3H,4-6H2,1H3,(H2,13,16)(H,14,15). The molecule has 0 atom stereocenters. The Morgan fingerprint density at radius 3 is 2.79 bits per heavy atom. The summed E-state index contributed by atoms with van der Waals surface area (Å²) in [7, 11) is 0. The molecule has 1 aliphatic rings. The first-order valence-electron chi connectivity index (χ1n) is 5.71. The highest BCUT2D eigenvalue weighted by molar-refractivity contribution is 5.74. The van der Waals surface area contributed by atoms with E-state index in [9.17, 15) is 9.59 Å². The molecule has 0 saturated heterocycles. The smallest absolute Gasteiger partial charge is 0.409 e. The number of nitrogens with two attached hydrogens (primary N) is 1. The summed E-state index contributed by atoms with van der Waals surface area (Å²) in [5.41, 5.74) is 5.52. The van der Waals surface area contributed by atoms with E-state index in [1.54, 1.807) is 12.1 Å². The second-order valence-electron chi connectivity index (χ2n) is 3.90. The van der Waals surface area contributed by atoms with E-state index in [4.69, 9.17) is 19.9 Å². The average Bonchev–Trinajstić information content (AvgIpc) is 2.36. The highest BCUT2D eigenvalue weighted by atomic mass is 16.6. The van der Waals surface area contributed by atoms with E-state index in [0.29, 0.717) is 30.3 Å². The molecule has 0 aliphatic carbocycles. The minimum Gasteiger partial charge on any atom is -0.486 e. The zero-order chi connectivity index (χ0) is 13.8. The lowest BCUT2D eigenvalue weighted by Crippen LogP contribution is -2.24. The van der Waals surface area contributed by atoms with Crippen LogP contribution in [0.1, 0.15) is 12.5 Å². The van der Waals surface area contributed by atoms with Crippen LogP contribution < -0.4 is 25.3 Å². The molecule has 0 fully saturated rings. The van der Waals surface area contributed by atoms with E-state index < -0.39 is 6.09 Å². The highest BCUT2D eigenvalue weighted by Gasteiger charge is 2.21. The Hall–Kier alpha value is -2.44. The van der Waals surface area contributed by atoms with E-state index in [1.807, 2.05) is 0 Å². The van der Waals surface area contributed by atoms with Crippen LogP contribution in [0.4, 0.5) is 4.79 Å². The lowest BCUT2D eigenvalue weighted by molar-refractivity contribution is -0.119. The minimum absolute atomic E-state index is 0.157. The molecule has 19 heavy (non-hydrogen) atoms. The van der Waals surface area contributed by atoms with Crippen LogP contribution in [-0.2, 0) is 11.3 Å². The largest absolute Gasteiger partial charge is 0.486 e. The van der Waals surface area contributed by atoms with Gasteiger partial charge in [-0.3, -0.25) is 4.79 Å². The first-order valence-corrected chi connectivity index (χ1v) is 5.71. The van der Waals surface area contributed by atoms with Gasteiger partial charge in [-0.25, -0.2) is 4.79 Å². The fraction of sp³-hybridized carbons (Fsp3) is 0.333. The molecule has 0 bridgehead atoms. The number of hydrogen-bond acceptors (Lipinski definition) is 5. The zero-order valence-electron chi connectivity index (χ0n) is 10.4. The first kappa shape index (κ1) is 13.0. The molecule has 0 spiro atoms. The lowest BCUT2D eigenvalue weighted by atomic mass is 10.1. The van der Waals surface area contributed by atoms with Gasteiger partial charge >= 0.3 is 6.09 Å². The predicted octanol–water partition coefficient (Wildman–Crippen LogP) is 0.551. The third-order valence-electron chi connectivity index (χ3n) is 2.49. The van der Waals surface area contributed by atoms with Crippen LogP contribution in [0.5, 0.6) is 17.2 Å². The summed E-state index contributed by atoms with van der Waals surface area (Å²) >= 11 is 0. The second-order valence-corrected chi connectivity index (χ2v) is 3.90. The molecule has 1 heterocycles. The Morgan fingerprint density at radius 2 is 2.11 bits per heavy atom. The molecule has 3 N–H and O–H groups in total. The summed E-state index contributed by atoms with van der Waals surface area (Å²) in [5.74, 6) is 1.03. The van der Waals surface area contributed by atoms with Gasteiger partial charge in [0, 0.05) is 6.92 Å². The van der Waals surface area contributed by atoms with E-state index in [2.05, 4.69) is 5.32 Å². The quantitative estimate of drug-likeness (QED) is 0.832. The van der Waals surface area contributed by atoms with Crippen LogP contribution in [0.3, 0.4) is 0 Å². The topological polar surface area (TPSA) is 99.9 Å². The normalized spacial score (nSPS) is 12.7. The molecule has 7 nitrogen and oxygen atoms in total. The second kappa shape index (κ2) is 5.47. The number of carbonyl (C=O) groups excluding carboxylic acids is 2. The number of nitrogens with one attached hydrogen (secondary N) is 1. The molecule has 0 aromatic heterocycles. The molecule has 1 aromatic rings. The van der Waals surface area contributed by atoms with Gasteiger partial charge in [-0.1, -0.05) is 0 Å². The van der Waals surface area contributed by atoms with Crippen molar-refractivity contribution in [2.75, 3.05) is 13.2 Å². The molecule has 2 amide bonds. The zero-order valence-corrected chi connectivity index (χ0v) is 10.4. The number of ether oxygens (including phenoxy) is 3. The van der Waals surface area contributed by atoms with E-state index >= 15 is 0 Å². The van der Waals surface area contributed by atoms with Gasteiger partial charge in [-0.05, 0) is 12.1 Å². The van der Waals surface area contributed by atoms with Crippen LogP contribution in [0.25, 0.3) is 0 Å². The Morgan fingerprint density at radius 1 is 1.37 bits per heavy atom. The minimum atomic E-state index is -0.930. The lowest BCUT2D eigenvalue weighted by Gasteiger charge is -2.22. The molecule has 7 heteroatoms. The first-order chi connectivity index (χ1) is 9.08. The molecular weight excluding hydrogens is 252 g/mol. The fourth-order valence-corrected chi connectivity index (χ4v) is 1.74. The van der Waals surface area contributed by atoms with Crippen molar-refractivity contribution in [3.05, 3.63) is 17.7 Å². The maximum atomic E-state index is 11.0. The van der Waals surface area contributed by atoms with Gasteiger partial charge in [0.05, 0.1) is 12.1 Å². The van der Waals surface area contributed by atoms with Crippen molar-refractivity contribution in [1.29, 1.82) is 0 Å². The summed E-state index contributed by atoms with van der Waals surface area (Å²) in [4.78, 5) is 21.9. The monoisotopic (exact) mass is 266 g/mol. The summed E-state index contributed by atoms with van der Waals surface area (Å²) in [6.07, 6.45) is -0.930. The number of primary amides is 1. The number of benzene rings is 1. The van der Waals surface area contributed by atoms with E-state index in [0.717, 1.165) is 0 Å². The number of rotatable bonds is 3. The molecule has 1 aliphatic heterocycles. The predicted molar refractivity (Wildman–Crippen MR) is 65.2 cm³/mol. The molecule has 0 unspecified atom stereocenters. The number of fused-ring (bicyclic) bond motifs is 1. The molecule has 2 rings (SSSR count). The molecular formula is C12H14N2O5. The molecule has 1 aromatic carbocycles. The molecule has 0 saturated carbocycles. The maximum absolute atomic E-state index is 11.0. The van der Waals surface area contributed by atoms with Crippen LogP contribution in [0, 0.1) is 0 Å². The van der Waals surface area contributed by atoms with Gasteiger partial charge in [0.25, 0.3) is 0 Å². The van der Waals surface area contributed by atoms with Crippen molar-refractivity contribution in [1.82, 2.24) is 5.32 Å². The summed E-state index contributed by atoms with van der Waals surface area (Å²) in [6, 6.07) is 3.18. The SMILES string of the molecule is CC(=O)NCc1c(OC(N)=O)ccc2c1OCCO2. The Labute approximate surface area is 109 Å². The van der Waals surface area contributed by atoms with Gasteiger partial charge in [-0.15, -0.1) is 0 Å². The molecule has 102 valence electrons. The number of hydrogen-bond donors (Lipinski definition) is 2. The van der Waals surface area contributed by atoms with E-state index in [-0.39, 0.29) is 18.2 Å². The van der Waals surface area contributed by atoms with Gasteiger partial charge < -0.3 is 25.3 Å². The highest BCUT2D eigenvalue weighted by Crippen LogP contribution is 2.39. The van der Waals surface area contributed by atoms with Crippen molar-refractivity contribution < 1.29 is 23.8 Å². The van der Waals surface area contributed by atoms with Crippen molar-refractivity contribution in [2.24, 2.45) is 5.73 Å². The third-order valence-corrected chi connectivity index (χ3v) is 2.49. The fourth-order valence-electron chi connectivity index (χ4n) is 1.74. The number of carbonyl (C=O) groups is 2. The van der Waals surface area contributed by atoms with Crippen molar-refractivity contribution in [3.8, 4) is 17.2 Å². The van der Waals surface area contributed by atoms with Gasteiger partial charge in [0.1, 0.15) is 19.0 Å². The molecule has 0 radical (unpaired) electrons. The van der Waals surface area contributed by atoms with Gasteiger partial charge in [0.15, 0.2) is 11.5 Å². The van der Waals surface area contributed by atoms with Gasteiger partial charge in [0.2, 0.25) is 5.91 Å². The van der Waals surface area contributed by atoms with Crippen LogP contribution in [0.2, 0.25) is 0 Å². The number of amides is 2.